The lowest BCUT2D eigenvalue weighted by atomic mass is 9.68. The second-order valence-corrected chi connectivity index (χ2v) is 2.87. The Morgan fingerprint density at radius 3 is 2.14 bits per heavy atom. The lowest BCUT2D eigenvalue weighted by molar-refractivity contribution is 0.237. The Balaban J connectivity index is 2.43. The van der Waals surface area contributed by atoms with Crippen LogP contribution in [0.1, 0.15) is 20.3 Å². The second kappa shape index (κ2) is 1.22. The van der Waals surface area contributed by atoms with Crippen LogP contribution >= 0.6 is 0 Å². The van der Waals surface area contributed by atoms with Crippen molar-refractivity contribution in [2.24, 2.45) is 11.1 Å². The van der Waals surface area contributed by atoms with Crippen molar-refractivity contribution in [3.63, 3.8) is 0 Å². The first-order valence-corrected chi connectivity index (χ1v) is 2.73. The molecule has 0 aromatic carbocycles. The third-order valence-corrected chi connectivity index (χ3v) is 1.85. The van der Waals surface area contributed by atoms with Crippen LogP contribution in [-0.4, -0.2) is 6.04 Å². The Hall–Kier alpha value is -0.0400. The molecule has 41 valence electrons. The molecule has 1 heteroatoms. The molecular weight excluding hydrogens is 86.1 g/mol. The molecule has 0 saturated heterocycles. The molecule has 1 nitrogen and oxygen atoms in total. The van der Waals surface area contributed by atoms with Gasteiger partial charge in [0.15, 0.2) is 0 Å². The average molecular weight is 98.2 g/mol. The zero-order chi connectivity index (χ0) is 5.49. The molecule has 1 rings (SSSR count). The van der Waals surface area contributed by atoms with Crippen LogP contribution in [0.25, 0.3) is 0 Å². The van der Waals surface area contributed by atoms with Gasteiger partial charge in [0.05, 0.1) is 0 Å². The minimum Gasteiger partial charge on any atom is -0.327 e. The maximum Gasteiger partial charge on any atom is 0.00960 e. The monoisotopic (exact) mass is 98.1 g/mol. The van der Waals surface area contributed by atoms with Crippen molar-refractivity contribution in [1.82, 2.24) is 0 Å². The molecule has 0 aliphatic heterocycles. The molecule has 1 aliphatic rings. The minimum atomic E-state index is 0.333. The Bertz CT molecular complexity index is 76.2. The van der Waals surface area contributed by atoms with Gasteiger partial charge in [0.1, 0.15) is 0 Å². The highest BCUT2D eigenvalue weighted by atomic mass is 14.7. The fraction of sp³-hybridized carbons (Fsp3) is 0.833. The summed E-state index contributed by atoms with van der Waals surface area (Å²) < 4.78 is 0. The van der Waals surface area contributed by atoms with Crippen molar-refractivity contribution in [2.45, 2.75) is 26.3 Å². The molecule has 1 atom stereocenters. The van der Waals surface area contributed by atoms with E-state index in [1.165, 1.54) is 0 Å². The van der Waals surface area contributed by atoms with E-state index in [0.717, 1.165) is 6.42 Å². The van der Waals surface area contributed by atoms with Crippen molar-refractivity contribution < 1.29 is 0 Å². The van der Waals surface area contributed by atoms with Crippen molar-refractivity contribution in [1.29, 1.82) is 0 Å². The van der Waals surface area contributed by atoms with Gasteiger partial charge in [-0.2, -0.15) is 0 Å². The van der Waals surface area contributed by atoms with Crippen LogP contribution in [0.3, 0.4) is 0 Å². The summed E-state index contributed by atoms with van der Waals surface area (Å²) in [6.07, 6.45) is 3.37. The molecule has 7 heavy (non-hydrogen) atoms. The molecule has 1 saturated carbocycles. The van der Waals surface area contributed by atoms with Crippen LogP contribution in [0.15, 0.2) is 0 Å². The van der Waals surface area contributed by atoms with E-state index in [-0.39, 0.29) is 0 Å². The summed E-state index contributed by atoms with van der Waals surface area (Å²) in [7, 11) is 0. The van der Waals surface area contributed by atoms with Gasteiger partial charge in [0.25, 0.3) is 0 Å². The van der Waals surface area contributed by atoms with E-state index in [2.05, 4.69) is 20.3 Å². The SMILES string of the molecule is CC1(C)[CH]CC1N. The Kier molecular flexibility index (Phi) is 0.890. The van der Waals surface area contributed by atoms with Gasteiger partial charge in [-0.15, -0.1) is 0 Å². The first kappa shape index (κ1) is 5.10. The second-order valence-electron chi connectivity index (χ2n) is 2.87. The molecule has 1 fully saturated rings. The highest BCUT2D eigenvalue weighted by molar-refractivity contribution is 5.05. The standard InChI is InChI=1S/C6H12N/c1-6(2)4-3-5(6)7/h4-5H,3,7H2,1-2H3. The lowest BCUT2D eigenvalue weighted by Gasteiger charge is -2.41. The van der Waals surface area contributed by atoms with E-state index in [1.807, 2.05) is 0 Å². The number of rotatable bonds is 0. The summed E-state index contributed by atoms with van der Waals surface area (Å²) >= 11 is 0. The maximum atomic E-state index is 5.62. The fourth-order valence-electron chi connectivity index (χ4n) is 0.725. The first-order chi connectivity index (χ1) is 3.13. The topological polar surface area (TPSA) is 26.0 Å². The van der Waals surface area contributed by atoms with Gasteiger partial charge in [-0.3, -0.25) is 0 Å². The third kappa shape index (κ3) is 0.653. The third-order valence-electron chi connectivity index (χ3n) is 1.85. The zero-order valence-electron chi connectivity index (χ0n) is 4.94. The van der Waals surface area contributed by atoms with E-state index in [4.69, 9.17) is 5.73 Å². The van der Waals surface area contributed by atoms with E-state index in [9.17, 15) is 0 Å². The average Bonchev–Trinajstić information content (AvgIpc) is 1.63. The zero-order valence-corrected chi connectivity index (χ0v) is 4.94. The predicted octanol–water partition coefficient (Wildman–Crippen LogP) is 0.948. The Morgan fingerprint density at radius 1 is 1.71 bits per heavy atom. The summed E-state index contributed by atoms with van der Waals surface area (Å²) in [5.74, 6) is 0. The summed E-state index contributed by atoms with van der Waals surface area (Å²) in [5, 5.41) is 0. The molecule has 0 aromatic rings. The van der Waals surface area contributed by atoms with E-state index in [1.54, 1.807) is 0 Å². The largest absolute Gasteiger partial charge is 0.327 e. The molecule has 2 N–H and O–H groups in total. The van der Waals surface area contributed by atoms with Crippen molar-refractivity contribution in [3.8, 4) is 0 Å². The normalized spacial score (nSPS) is 37.3. The van der Waals surface area contributed by atoms with E-state index < -0.39 is 0 Å². The van der Waals surface area contributed by atoms with Crippen molar-refractivity contribution in [2.75, 3.05) is 0 Å². The molecule has 0 amide bonds. The van der Waals surface area contributed by atoms with E-state index in [0.29, 0.717) is 11.5 Å². The molecule has 0 aromatic heterocycles. The van der Waals surface area contributed by atoms with Crippen LogP contribution in [0.5, 0.6) is 0 Å². The van der Waals surface area contributed by atoms with Gasteiger partial charge in [-0.25, -0.2) is 0 Å². The molecule has 1 unspecified atom stereocenters. The van der Waals surface area contributed by atoms with Gasteiger partial charge in [-0.1, -0.05) is 13.8 Å². The van der Waals surface area contributed by atoms with Gasteiger partial charge in [0.2, 0.25) is 0 Å². The van der Waals surface area contributed by atoms with Gasteiger partial charge in [0, 0.05) is 6.04 Å². The Labute approximate surface area is 44.9 Å². The predicted molar refractivity (Wildman–Crippen MR) is 30.7 cm³/mol. The van der Waals surface area contributed by atoms with Crippen LogP contribution in [-0.2, 0) is 0 Å². The molecular formula is C6H12N. The smallest absolute Gasteiger partial charge is 0.00960 e. The van der Waals surface area contributed by atoms with Gasteiger partial charge >= 0.3 is 0 Å². The number of nitrogens with two attached hydrogens (primary N) is 1. The van der Waals surface area contributed by atoms with Gasteiger partial charge in [-0.05, 0) is 18.3 Å². The van der Waals surface area contributed by atoms with Crippen LogP contribution < -0.4 is 5.73 Å². The highest BCUT2D eigenvalue weighted by Crippen LogP contribution is 2.36. The molecule has 0 spiro atoms. The molecule has 0 heterocycles. The summed E-state index contributed by atoms with van der Waals surface area (Å²) in [6, 6.07) is 0.424. The van der Waals surface area contributed by atoms with Crippen LogP contribution in [0.2, 0.25) is 0 Å². The highest BCUT2D eigenvalue weighted by Gasteiger charge is 2.35. The molecule has 1 aliphatic carbocycles. The lowest BCUT2D eigenvalue weighted by Crippen LogP contribution is -2.46. The maximum absolute atomic E-state index is 5.62. The summed E-state index contributed by atoms with van der Waals surface area (Å²) in [6.45, 7) is 4.34. The van der Waals surface area contributed by atoms with Crippen molar-refractivity contribution in [3.05, 3.63) is 6.42 Å². The summed E-state index contributed by atoms with van der Waals surface area (Å²) in [4.78, 5) is 0. The summed E-state index contributed by atoms with van der Waals surface area (Å²) in [5.41, 5.74) is 5.96. The number of hydrogen-bond donors (Lipinski definition) is 1. The van der Waals surface area contributed by atoms with Gasteiger partial charge < -0.3 is 5.73 Å². The Morgan fingerprint density at radius 2 is 2.14 bits per heavy atom. The minimum absolute atomic E-state index is 0.333. The molecule has 1 radical (unpaired) electrons. The molecule has 0 bridgehead atoms. The number of hydrogen-bond acceptors (Lipinski definition) is 1. The van der Waals surface area contributed by atoms with Crippen LogP contribution in [0, 0.1) is 11.8 Å². The fourth-order valence-corrected chi connectivity index (χ4v) is 0.725. The first-order valence-electron chi connectivity index (χ1n) is 2.73. The van der Waals surface area contributed by atoms with E-state index >= 15 is 0 Å². The van der Waals surface area contributed by atoms with Crippen molar-refractivity contribution >= 4 is 0 Å². The van der Waals surface area contributed by atoms with Crippen LogP contribution in [0.4, 0.5) is 0 Å². The quantitative estimate of drug-likeness (QED) is 0.479.